The van der Waals surface area contributed by atoms with Crippen LogP contribution in [0.25, 0.3) is 98.2 Å². The average molecular weight is 670 g/mol. The minimum absolute atomic E-state index is 0.587. The molecule has 238 valence electrons. The van der Waals surface area contributed by atoms with Crippen LogP contribution < -0.4 is 0 Å². The Morgan fingerprint density at radius 3 is 1.82 bits per heavy atom. The SMILES string of the molecule is c1ccc(-c2nc(-c3ccc4sc5ccccc5c4c3)nc(-n3c4ccccc4c4ccc5c(c6ccccc6n5-c5ccccc5)c43)n2)cc1. The van der Waals surface area contributed by atoms with E-state index in [2.05, 4.69) is 155 Å². The molecule has 0 aliphatic carbocycles. The molecule has 0 saturated carbocycles. The van der Waals surface area contributed by atoms with Crippen molar-refractivity contribution in [3.05, 3.63) is 164 Å². The molecule has 0 fully saturated rings. The summed E-state index contributed by atoms with van der Waals surface area (Å²) in [7, 11) is 0. The second kappa shape index (κ2) is 10.9. The molecular formula is C45H27N5S. The summed E-state index contributed by atoms with van der Waals surface area (Å²) in [6, 6.07) is 57.8. The van der Waals surface area contributed by atoms with Gasteiger partial charge in [-0.1, -0.05) is 109 Å². The van der Waals surface area contributed by atoms with Crippen LogP contribution in [-0.2, 0) is 0 Å². The summed E-state index contributed by atoms with van der Waals surface area (Å²) in [6.07, 6.45) is 0. The Hall–Kier alpha value is -6.63. The molecule has 4 heterocycles. The van der Waals surface area contributed by atoms with Crippen molar-refractivity contribution in [3.63, 3.8) is 0 Å². The Kier molecular flexibility index (Phi) is 6.05. The van der Waals surface area contributed by atoms with Crippen molar-refractivity contribution in [3.8, 4) is 34.4 Å². The van der Waals surface area contributed by atoms with Gasteiger partial charge in [-0.3, -0.25) is 4.57 Å². The Morgan fingerprint density at radius 1 is 0.392 bits per heavy atom. The van der Waals surface area contributed by atoms with Gasteiger partial charge < -0.3 is 4.57 Å². The van der Waals surface area contributed by atoms with E-state index in [0.29, 0.717) is 17.6 Å². The van der Waals surface area contributed by atoms with Gasteiger partial charge in [0.05, 0.1) is 22.1 Å². The van der Waals surface area contributed by atoms with Crippen LogP contribution in [0.3, 0.4) is 0 Å². The number of thiophene rings is 1. The molecule has 0 amide bonds. The summed E-state index contributed by atoms with van der Waals surface area (Å²) < 4.78 is 7.14. The zero-order valence-corrected chi connectivity index (χ0v) is 28.0. The highest BCUT2D eigenvalue weighted by atomic mass is 32.1. The van der Waals surface area contributed by atoms with Gasteiger partial charge in [0.25, 0.3) is 0 Å². The molecule has 0 aliphatic rings. The maximum atomic E-state index is 5.33. The molecule has 11 aromatic rings. The van der Waals surface area contributed by atoms with Crippen molar-refractivity contribution in [2.45, 2.75) is 0 Å². The van der Waals surface area contributed by atoms with Crippen molar-refractivity contribution in [2.75, 3.05) is 0 Å². The average Bonchev–Trinajstić information content (AvgIpc) is 3.86. The van der Waals surface area contributed by atoms with Crippen LogP contribution in [0.2, 0.25) is 0 Å². The zero-order valence-electron chi connectivity index (χ0n) is 27.2. The Labute approximate surface area is 296 Å². The minimum atomic E-state index is 0.587. The number of nitrogens with zero attached hydrogens (tertiary/aromatic N) is 5. The maximum Gasteiger partial charge on any atom is 0.238 e. The summed E-state index contributed by atoms with van der Waals surface area (Å²) in [5, 5.41) is 7.11. The molecule has 4 aromatic heterocycles. The molecule has 7 aromatic carbocycles. The van der Waals surface area contributed by atoms with E-state index >= 15 is 0 Å². The first-order valence-corrected chi connectivity index (χ1v) is 17.9. The predicted molar refractivity (Wildman–Crippen MR) is 212 cm³/mol. The zero-order chi connectivity index (χ0) is 33.5. The lowest BCUT2D eigenvalue weighted by Gasteiger charge is -2.12. The van der Waals surface area contributed by atoms with Crippen LogP contribution in [0.1, 0.15) is 0 Å². The van der Waals surface area contributed by atoms with Crippen molar-refractivity contribution in [1.82, 2.24) is 24.1 Å². The maximum absolute atomic E-state index is 5.33. The molecule has 0 aliphatic heterocycles. The van der Waals surface area contributed by atoms with Crippen LogP contribution in [0.15, 0.2) is 164 Å². The van der Waals surface area contributed by atoms with Crippen molar-refractivity contribution in [1.29, 1.82) is 0 Å². The molecule has 6 heteroatoms. The molecule has 0 N–H and O–H groups in total. The molecule has 0 unspecified atom stereocenters. The van der Waals surface area contributed by atoms with Gasteiger partial charge in [0.1, 0.15) is 0 Å². The fourth-order valence-corrected chi connectivity index (χ4v) is 8.83. The van der Waals surface area contributed by atoms with Gasteiger partial charge in [0, 0.05) is 58.5 Å². The number of hydrogen-bond acceptors (Lipinski definition) is 4. The second-order valence-electron chi connectivity index (χ2n) is 12.9. The van der Waals surface area contributed by atoms with E-state index in [1.54, 1.807) is 0 Å². The first kappa shape index (κ1) is 28.2. The summed E-state index contributed by atoms with van der Waals surface area (Å²) in [5.41, 5.74) is 7.43. The molecule has 11 rings (SSSR count). The summed E-state index contributed by atoms with van der Waals surface area (Å²) in [5.74, 6) is 1.86. The highest BCUT2D eigenvalue weighted by Crippen LogP contribution is 2.42. The summed E-state index contributed by atoms with van der Waals surface area (Å²) >= 11 is 1.81. The fourth-order valence-electron chi connectivity index (χ4n) is 7.75. The second-order valence-corrected chi connectivity index (χ2v) is 13.9. The third-order valence-electron chi connectivity index (χ3n) is 9.97. The number of rotatable bonds is 4. The van der Waals surface area contributed by atoms with Crippen molar-refractivity contribution >= 4 is 75.1 Å². The highest BCUT2D eigenvalue weighted by Gasteiger charge is 2.23. The molecule has 51 heavy (non-hydrogen) atoms. The van der Waals surface area contributed by atoms with Crippen LogP contribution in [-0.4, -0.2) is 24.1 Å². The van der Waals surface area contributed by atoms with E-state index < -0.39 is 0 Å². The molecule has 0 atom stereocenters. The third kappa shape index (κ3) is 4.24. The number of aromatic nitrogens is 5. The van der Waals surface area contributed by atoms with E-state index in [1.165, 1.54) is 25.6 Å². The fraction of sp³-hybridized carbons (Fsp3) is 0. The van der Waals surface area contributed by atoms with Crippen molar-refractivity contribution < 1.29 is 0 Å². The van der Waals surface area contributed by atoms with Gasteiger partial charge in [0.15, 0.2) is 11.6 Å². The molecule has 0 bridgehead atoms. The standard InChI is InChI=1S/C45H27N5S/c1-3-13-28(14-4-1)43-46-44(29-23-26-40-35(27-29)32-18-9-12-22-39(32)51-40)48-45(47-43)50-36-20-10-7-17-31(36)33-24-25-38-41(42(33)50)34-19-8-11-21-37(34)49(38)30-15-5-2-6-16-30/h1-27H. The van der Waals surface area contributed by atoms with Crippen LogP contribution in [0, 0.1) is 0 Å². The number of benzene rings is 7. The van der Waals surface area contributed by atoms with E-state index in [9.17, 15) is 0 Å². The molecule has 0 spiro atoms. The smallest absolute Gasteiger partial charge is 0.238 e. The molecular weight excluding hydrogens is 643 g/mol. The monoisotopic (exact) mass is 669 g/mol. The predicted octanol–water partition coefficient (Wildman–Crippen LogP) is 11.8. The van der Waals surface area contributed by atoms with Gasteiger partial charge in [-0.05, 0) is 54.6 Å². The number of fused-ring (bicyclic) bond motifs is 10. The number of para-hydroxylation sites is 3. The Morgan fingerprint density at radius 2 is 1.02 bits per heavy atom. The topological polar surface area (TPSA) is 48.5 Å². The first-order valence-electron chi connectivity index (χ1n) is 17.0. The van der Waals surface area contributed by atoms with Gasteiger partial charge in [-0.15, -0.1) is 11.3 Å². The largest absolute Gasteiger partial charge is 0.309 e. The van der Waals surface area contributed by atoms with E-state index in [-0.39, 0.29) is 0 Å². The minimum Gasteiger partial charge on any atom is -0.309 e. The number of hydrogen-bond donors (Lipinski definition) is 0. The van der Waals surface area contributed by atoms with Crippen LogP contribution in [0.5, 0.6) is 0 Å². The molecule has 0 saturated heterocycles. The van der Waals surface area contributed by atoms with E-state index in [1.807, 2.05) is 29.5 Å². The Bertz CT molecular complexity index is 3140. The summed E-state index contributed by atoms with van der Waals surface area (Å²) in [4.78, 5) is 15.7. The lowest BCUT2D eigenvalue weighted by Crippen LogP contribution is -2.06. The summed E-state index contributed by atoms with van der Waals surface area (Å²) in [6.45, 7) is 0. The normalized spacial score (nSPS) is 11.9. The highest BCUT2D eigenvalue weighted by molar-refractivity contribution is 7.25. The lowest BCUT2D eigenvalue weighted by atomic mass is 10.1. The van der Waals surface area contributed by atoms with Crippen molar-refractivity contribution in [2.24, 2.45) is 0 Å². The third-order valence-corrected chi connectivity index (χ3v) is 11.1. The van der Waals surface area contributed by atoms with Gasteiger partial charge in [-0.2, -0.15) is 9.97 Å². The van der Waals surface area contributed by atoms with Gasteiger partial charge in [0.2, 0.25) is 5.95 Å². The molecule has 0 radical (unpaired) electrons. The van der Waals surface area contributed by atoms with Gasteiger partial charge in [-0.25, -0.2) is 4.98 Å². The van der Waals surface area contributed by atoms with Crippen LogP contribution in [0.4, 0.5) is 0 Å². The quantitative estimate of drug-likeness (QED) is 0.187. The lowest BCUT2D eigenvalue weighted by molar-refractivity contribution is 0.955. The van der Waals surface area contributed by atoms with Gasteiger partial charge >= 0.3 is 0 Å². The van der Waals surface area contributed by atoms with E-state index in [4.69, 9.17) is 15.0 Å². The van der Waals surface area contributed by atoms with E-state index in [0.717, 1.165) is 55.0 Å². The Balaban J connectivity index is 1.26. The first-order chi connectivity index (χ1) is 25.3. The molecule has 5 nitrogen and oxygen atoms in total. The van der Waals surface area contributed by atoms with Crippen LogP contribution >= 0.6 is 11.3 Å².